The average Bonchev–Trinajstić information content (AvgIpc) is 3.15. The van der Waals surface area contributed by atoms with Crippen molar-refractivity contribution in [2.45, 2.75) is 17.1 Å². The van der Waals surface area contributed by atoms with Crippen LogP contribution in [0.2, 0.25) is 0 Å². The van der Waals surface area contributed by atoms with Crippen LogP contribution in [0.1, 0.15) is 17.3 Å². The second kappa shape index (κ2) is 7.74. The molecule has 0 saturated heterocycles. The van der Waals surface area contributed by atoms with E-state index < -0.39 is 0 Å². The Morgan fingerprint density at radius 2 is 2.12 bits per heavy atom. The van der Waals surface area contributed by atoms with Gasteiger partial charge in [-0.2, -0.15) is 5.10 Å². The van der Waals surface area contributed by atoms with Crippen molar-refractivity contribution in [2.24, 2.45) is 0 Å². The first-order valence-corrected chi connectivity index (χ1v) is 8.41. The van der Waals surface area contributed by atoms with Gasteiger partial charge < -0.3 is 5.32 Å². The van der Waals surface area contributed by atoms with E-state index in [-0.39, 0.29) is 11.2 Å². The highest BCUT2D eigenvalue weighted by Crippen LogP contribution is 2.22. The molecule has 2 aromatic heterocycles. The van der Waals surface area contributed by atoms with Crippen molar-refractivity contribution < 1.29 is 4.79 Å². The number of carbonyl (C=O) groups excluding carboxylic acids is 1. The number of benzene rings is 1. The molecule has 7 heteroatoms. The molecule has 0 fully saturated rings. The molecular weight excluding hydrogens is 322 g/mol. The van der Waals surface area contributed by atoms with E-state index in [1.165, 1.54) is 15.9 Å². The lowest BCUT2D eigenvalue weighted by Gasteiger charge is -2.12. The van der Waals surface area contributed by atoms with E-state index in [4.69, 9.17) is 0 Å². The van der Waals surface area contributed by atoms with Crippen LogP contribution in [0.5, 0.6) is 0 Å². The van der Waals surface area contributed by atoms with Crippen LogP contribution in [0.15, 0.2) is 66.2 Å². The molecule has 0 unspecified atom stereocenters. The van der Waals surface area contributed by atoms with E-state index >= 15 is 0 Å². The zero-order chi connectivity index (χ0) is 16.8. The molecule has 0 spiro atoms. The summed E-state index contributed by atoms with van der Waals surface area (Å²) in [6, 6.07) is 13.5. The second-order valence-corrected chi connectivity index (χ2v) is 6.71. The number of nitrogens with zero attached hydrogens (tertiary/aromatic N) is 4. The second-order valence-electron chi connectivity index (χ2n) is 5.19. The van der Waals surface area contributed by atoms with Crippen molar-refractivity contribution in [1.82, 2.24) is 25.1 Å². The highest BCUT2D eigenvalue weighted by Gasteiger charge is 2.10. The van der Waals surface area contributed by atoms with Gasteiger partial charge in [0.2, 0.25) is 0 Å². The Bertz CT molecular complexity index is 792. The first-order valence-electron chi connectivity index (χ1n) is 7.53. The van der Waals surface area contributed by atoms with Gasteiger partial charge in [-0.25, -0.2) is 14.6 Å². The Morgan fingerprint density at radius 1 is 1.29 bits per heavy atom. The van der Waals surface area contributed by atoms with E-state index in [1.54, 1.807) is 36.4 Å². The topological polar surface area (TPSA) is 72.7 Å². The molecule has 0 bridgehead atoms. The SMILES string of the molecule is C[C@@H](CNC(=O)c1ccnc(-n2cncn2)c1)Sc1ccccc1. The fourth-order valence-corrected chi connectivity index (χ4v) is 3.07. The molecule has 0 aliphatic carbocycles. The van der Waals surface area contributed by atoms with Crippen LogP contribution < -0.4 is 5.32 Å². The summed E-state index contributed by atoms with van der Waals surface area (Å²) in [4.78, 5) is 21.6. The summed E-state index contributed by atoms with van der Waals surface area (Å²) in [6.07, 6.45) is 4.56. The Hall–Kier alpha value is -2.67. The van der Waals surface area contributed by atoms with Crippen LogP contribution in [0.4, 0.5) is 0 Å². The predicted octanol–water partition coefficient (Wildman–Crippen LogP) is 2.57. The van der Waals surface area contributed by atoms with Crippen molar-refractivity contribution in [1.29, 1.82) is 0 Å². The van der Waals surface area contributed by atoms with Crippen molar-refractivity contribution in [2.75, 3.05) is 6.54 Å². The number of thioether (sulfide) groups is 1. The molecule has 0 aliphatic rings. The minimum absolute atomic E-state index is 0.126. The number of hydrogen-bond donors (Lipinski definition) is 1. The number of rotatable bonds is 6. The van der Waals surface area contributed by atoms with Crippen LogP contribution >= 0.6 is 11.8 Å². The number of amides is 1. The zero-order valence-corrected chi connectivity index (χ0v) is 14.0. The first kappa shape index (κ1) is 16.2. The minimum atomic E-state index is -0.126. The van der Waals surface area contributed by atoms with E-state index in [9.17, 15) is 4.79 Å². The fraction of sp³-hybridized carbons (Fsp3) is 0.176. The summed E-state index contributed by atoms with van der Waals surface area (Å²) in [7, 11) is 0. The summed E-state index contributed by atoms with van der Waals surface area (Å²) >= 11 is 1.73. The molecule has 1 atom stereocenters. The van der Waals surface area contributed by atoms with Gasteiger partial charge in [-0.15, -0.1) is 11.8 Å². The minimum Gasteiger partial charge on any atom is -0.351 e. The van der Waals surface area contributed by atoms with Crippen LogP contribution in [0.3, 0.4) is 0 Å². The van der Waals surface area contributed by atoms with E-state index in [2.05, 4.69) is 39.4 Å². The Morgan fingerprint density at radius 3 is 2.88 bits per heavy atom. The van der Waals surface area contributed by atoms with Gasteiger partial charge in [-0.3, -0.25) is 4.79 Å². The molecule has 0 aliphatic heterocycles. The predicted molar refractivity (Wildman–Crippen MR) is 93.2 cm³/mol. The van der Waals surface area contributed by atoms with Crippen molar-refractivity contribution >= 4 is 17.7 Å². The first-order chi connectivity index (χ1) is 11.7. The number of aromatic nitrogens is 4. The van der Waals surface area contributed by atoms with Gasteiger partial charge in [0.1, 0.15) is 12.7 Å². The maximum Gasteiger partial charge on any atom is 0.251 e. The molecule has 0 radical (unpaired) electrons. The molecule has 1 aromatic carbocycles. The van der Waals surface area contributed by atoms with Crippen molar-refractivity contribution in [3.05, 3.63) is 66.9 Å². The quantitative estimate of drug-likeness (QED) is 0.699. The molecule has 3 rings (SSSR count). The number of nitrogens with one attached hydrogen (secondary N) is 1. The lowest BCUT2D eigenvalue weighted by molar-refractivity contribution is 0.0954. The zero-order valence-electron chi connectivity index (χ0n) is 13.2. The van der Waals surface area contributed by atoms with Gasteiger partial charge in [-0.1, -0.05) is 25.1 Å². The third-order valence-electron chi connectivity index (χ3n) is 3.29. The van der Waals surface area contributed by atoms with Gasteiger partial charge in [0.25, 0.3) is 5.91 Å². The van der Waals surface area contributed by atoms with Gasteiger partial charge in [0.15, 0.2) is 5.82 Å². The molecule has 0 saturated carbocycles. The largest absolute Gasteiger partial charge is 0.351 e. The van der Waals surface area contributed by atoms with Crippen LogP contribution in [0.25, 0.3) is 5.82 Å². The maximum atomic E-state index is 12.3. The molecule has 2 heterocycles. The van der Waals surface area contributed by atoms with Crippen LogP contribution in [-0.2, 0) is 0 Å². The molecular formula is C17H17N5OS. The number of pyridine rings is 1. The van der Waals surface area contributed by atoms with Crippen LogP contribution in [-0.4, -0.2) is 37.5 Å². The van der Waals surface area contributed by atoms with Gasteiger partial charge in [-0.05, 0) is 24.3 Å². The molecule has 122 valence electrons. The van der Waals surface area contributed by atoms with Gasteiger partial charge in [0, 0.05) is 28.5 Å². The normalized spacial score (nSPS) is 11.9. The summed E-state index contributed by atoms with van der Waals surface area (Å²) in [5, 5.41) is 7.25. The summed E-state index contributed by atoms with van der Waals surface area (Å²) < 4.78 is 1.52. The fourth-order valence-electron chi connectivity index (χ4n) is 2.12. The smallest absolute Gasteiger partial charge is 0.251 e. The Kier molecular flexibility index (Phi) is 5.22. The highest BCUT2D eigenvalue weighted by molar-refractivity contribution is 8.00. The van der Waals surface area contributed by atoms with Gasteiger partial charge >= 0.3 is 0 Å². The molecule has 24 heavy (non-hydrogen) atoms. The lowest BCUT2D eigenvalue weighted by atomic mass is 10.2. The number of hydrogen-bond acceptors (Lipinski definition) is 5. The Labute approximate surface area is 144 Å². The molecule has 6 nitrogen and oxygen atoms in total. The average molecular weight is 339 g/mol. The third kappa shape index (κ3) is 4.20. The Balaban J connectivity index is 1.58. The van der Waals surface area contributed by atoms with Crippen molar-refractivity contribution in [3.63, 3.8) is 0 Å². The van der Waals surface area contributed by atoms with E-state index in [0.29, 0.717) is 17.9 Å². The third-order valence-corrected chi connectivity index (χ3v) is 4.41. The standard InChI is InChI=1S/C17H17N5OS/c1-13(24-15-5-3-2-4-6-15)10-20-17(23)14-7-8-19-16(9-14)22-12-18-11-21-22/h2-9,11-13H,10H2,1H3,(H,20,23)/t13-/m0/s1. The highest BCUT2D eigenvalue weighted by atomic mass is 32.2. The number of carbonyl (C=O) groups is 1. The molecule has 1 N–H and O–H groups in total. The summed E-state index contributed by atoms with van der Waals surface area (Å²) in [6.45, 7) is 2.67. The lowest BCUT2D eigenvalue weighted by Crippen LogP contribution is -2.29. The molecule has 1 amide bonds. The summed E-state index contributed by atoms with van der Waals surface area (Å²) in [5.41, 5.74) is 0.549. The van der Waals surface area contributed by atoms with Gasteiger partial charge in [0.05, 0.1) is 0 Å². The summed E-state index contributed by atoms with van der Waals surface area (Å²) in [5.74, 6) is 0.436. The monoisotopic (exact) mass is 339 g/mol. The van der Waals surface area contributed by atoms with Crippen LogP contribution in [0, 0.1) is 0 Å². The van der Waals surface area contributed by atoms with Crippen molar-refractivity contribution in [3.8, 4) is 5.82 Å². The van der Waals surface area contributed by atoms with E-state index in [1.807, 2.05) is 18.2 Å². The van der Waals surface area contributed by atoms with E-state index in [0.717, 1.165) is 0 Å². The molecule has 3 aromatic rings. The maximum absolute atomic E-state index is 12.3.